The van der Waals surface area contributed by atoms with Gasteiger partial charge in [0.15, 0.2) is 11.6 Å². The molecular weight excluding hydrogens is 484 g/mol. The normalized spacial score (nSPS) is 24.2. The molecule has 0 bridgehead atoms. The number of anilines is 1. The van der Waals surface area contributed by atoms with E-state index in [0.717, 1.165) is 22.3 Å². The van der Waals surface area contributed by atoms with Crippen molar-refractivity contribution in [2.75, 3.05) is 5.32 Å². The molecule has 39 heavy (non-hydrogen) atoms. The van der Waals surface area contributed by atoms with Crippen LogP contribution in [0.5, 0.6) is 0 Å². The van der Waals surface area contributed by atoms with Gasteiger partial charge in [0.2, 0.25) is 5.91 Å². The summed E-state index contributed by atoms with van der Waals surface area (Å²) in [7, 11) is 0. The topological polar surface area (TPSA) is 66.5 Å². The van der Waals surface area contributed by atoms with Gasteiger partial charge in [-0.1, -0.05) is 103 Å². The molecule has 7 rings (SSSR count). The van der Waals surface area contributed by atoms with Crippen LogP contribution in [0, 0.1) is 12.8 Å². The van der Waals surface area contributed by atoms with Gasteiger partial charge in [-0.25, -0.2) is 0 Å². The van der Waals surface area contributed by atoms with Gasteiger partial charge in [0.05, 0.1) is 12.0 Å². The average molecular weight is 511 g/mol. The highest BCUT2D eigenvalue weighted by Gasteiger charge is 2.70. The fourth-order valence-electron chi connectivity index (χ4n) is 6.84. The number of nitrogens with zero attached hydrogens (tertiary/aromatic N) is 1. The molecule has 4 aromatic carbocycles. The van der Waals surface area contributed by atoms with E-state index in [1.54, 1.807) is 24.3 Å². The van der Waals surface area contributed by atoms with Crippen molar-refractivity contribution in [1.82, 2.24) is 4.90 Å². The third-order valence-electron chi connectivity index (χ3n) is 8.52. The van der Waals surface area contributed by atoms with Gasteiger partial charge in [0.25, 0.3) is 0 Å². The molecule has 0 unspecified atom stereocenters. The quantitative estimate of drug-likeness (QED) is 0.343. The highest BCUT2D eigenvalue weighted by Crippen LogP contribution is 2.62. The largest absolute Gasteiger partial charge is 0.358 e. The number of rotatable bonds is 4. The number of carbonyl (C=O) groups is 3. The molecule has 1 N–H and O–H groups in total. The maximum atomic E-state index is 14.7. The zero-order valence-electron chi connectivity index (χ0n) is 21.4. The predicted molar refractivity (Wildman–Crippen MR) is 150 cm³/mol. The predicted octanol–water partition coefficient (Wildman–Crippen LogP) is 5.98. The summed E-state index contributed by atoms with van der Waals surface area (Å²) < 4.78 is 0. The van der Waals surface area contributed by atoms with Gasteiger partial charge in [-0.05, 0) is 35.8 Å². The number of fused-ring (bicyclic) bond motifs is 6. The van der Waals surface area contributed by atoms with Crippen LogP contribution < -0.4 is 5.32 Å². The van der Waals surface area contributed by atoms with Crippen LogP contribution in [-0.2, 0) is 10.2 Å². The smallest absolute Gasteiger partial charge is 0.238 e. The Morgan fingerprint density at radius 2 is 1.44 bits per heavy atom. The summed E-state index contributed by atoms with van der Waals surface area (Å²) >= 11 is 0. The Kier molecular flexibility index (Phi) is 5.17. The Hall–Kier alpha value is -4.77. The van der Waals surface area contributed by atoms with Crippen LogP contribution in [0.4, 0.5) is 5.69 Å². The average Bonchev–Trinajstić information content (AvgIpc) is 3.45. The lowest BCUT2D eigenvalue weighted by atomic mass is 9.62. The summed E-state index contributed by atoms with van der Waals surface area (Å²) in [6.07, 6.45) is 3.87. The molecular formula is C34H26N2O3. The minimum absolute atomic E-state index is 0.177. The minimum Gasteiger partial charge on any atom is -0.358 e. The van der Waals surface area contributed by atoms with E-state index in [2.05, 4.69) is 5.32 Å². The number of ketones is 2. The minimum atomic E-state index is -1.31. The van der Waals surface area contributed by atoms with Crippen molar-refractivity contribution >= 4 is 29.2 Å². The summed E-state index contributed by atoms with van der Waals surface area (Å²) in [4.78, 5) is 45.5. The molecule has 0 radical (unpaired) electrons. The summed E-state index contributed by atoms with van der Waals surface area (Å²) in [5.41, 5.74) is 4.07. The fourth-order valence-corrected chi connectivity index (χ4v) is 6.84. The van der Waals surface area contributed by atoms with Crippen molar-refractivity contribution in [3.05, 3.63) is 143 Å². The van der Waals surface area contributed by atoms with Crippen molar-refractivity contribution in [2.45, 2.75) is 24.4 Å². The second-order valence-corrected chi connectivity index (χ2v) is 10.5. The second-order valence-electron chi connectivity index (χ2n) is 10.5. The highest BCUT2D eigenvalue weighted by molar-refractivity contribution is 6.16. The summed E-state index contributed by atoms with van der Waals surface area (Å²) in [5.74, 6) is -1.60. The molecule has 0 saturated carbocycles. The van der Waals surface area contributed by atoms with Crippen LogP contribution in [0.2, 0.25) is 0 Å². The van der Waals surface area contributed by atoms with Gasteiger partial charge in [0.1, 0.15) is 11.5 Å². The first-order valence-corrected chi connectivity index (χ1v) is 13.2. The Morgan fingerprint density at radius 3 is 2.23 bits per heavy atom. The standard InChI is InChI=1S/C34H26N2O3/c1-21-15-17-24(18-16-21)30(37)28-29(31(38)23-10-3-2-4-11-23)36-20-19-22-9-5-6-12-25(22)32(36)34(28)26-13-7-8-14-27(26)35-33(34)39/h2-20,28-29,32H,1H3,(H,35,39)/t28-,29-,32+,34+/m0/s1. The van der Waals surface area contributed by atoms with E-state index >= 15 is 0 Å². The molecule has 1 spiro atoms. The molecule has 1 fully saturated rings. The van der Waals surface area contributed by atoms with Gasteiger partial charge >= 0.3 is 0 Å². The lowest BCUT2D eigenvalue weighted by Crippen LogP contribution is -2.49. The van der Waals surface area contributed by atoms with E-state index in [1.807, 2.05) is 103 Å². The number of hydrogen-bond donors (Lipinski definition) is 1. The van der Waals surface area contributed by atoms with Gasteiger partial charge in [-0.3, -0.25) is 14.4 Å². The highest BCUT2D eigenvalue weighted by atomic mass is 16.2. The maximum Gasteiger partial charge on any atom is 0.238 e. The van der Waals surface area contributed by atoms with E-state index < -0.39 is 23.4 Å². The Labute approximate surface area is 226 Å². The number of nitrogens with one attached hydrogen (secondary N) is 1. The molecule has 3 aliphatic rings. The first-order valence-electron chi connectivity index (χ1n) is 13.2. The molecule has 0 aromatic heterocycles. The Bertz CT molecular complexity index is 1670. The number of hydrogen-bond acceptors (Lipinski definition) is 4. The zero-order chi connectivity index (χ0) is 26.7. The SMILES string of the molecule is Cc1ccc(C(=O)[C@@H]2[C@@H](C(=O)c3ccccc3)N3C=Cc4ccccc4[C@@H]3[C@]23C(=O)Nc2ccccc23)cc1. The fraction of sp³-hybridized carbons (Fsp3) is 0.147. The van der Waals surface area contributed by atoms with Crippen molar-refractivity contribution in [3.8, 4) is 0 Å². The van der Waals surface area contributed by atoms with Crippen LogP contribution in [0.15, 0.2) is 109 Å². The number of Topliss-reactive ketones (excluding diaryl/α,β-unsaturated/α-hetero) is 2. The molecule has 3 heterocycles. The third-order valence-corrected chi connectivity index (χ3v) is 8.52. The molecule has 5 heteroatoms. The molecule has 1 saturated heterocycles. The molecule has 4 atom stereocenters. The number of carbonyl (C=O) groups excluding carboxylic acids is 3. The molecule has 4 aromatic rings. The van der Waals surface area contributed by atoms with Gasteiger partial charge in [-0.15, -0.1) is 0 Å². The Morgan fingerprint density at radius 1 is 0.769 bits per heavy atom. The van der Waals surface area contributed by atoms with Crippen molar-refractivity contribution < 1.29 is 14.4 Å². The second kappa shape index (κ2) is 8.63. The third kappa shape index (κ3) is 3.23. The lowest BCUT2D eigenvalue weighted by Gasteiger charge is -2.38. The van der Waals surface area contributed by atoms with E-state index in [4.69, 9.17) is 0 Å². The number of benzene rings is 4. The summed E-state index contributed by atoms with van der Waals surface area (Å²) in [6, 6.07) is 30.6. The molecule has 3 aliphatic heterocycles. The lowest BCUT2D eigenvalue weighted by molar-refractivity contribution is -0.122. The van der Waals surface area contributed by atoms with Crippen LogP contribution in [0.3, 0.4) is 0 Å². The molecule has 1 amide bonds. The van der Waals surface area contributed by atoms with E-state index in [0.29, 0.717) is 16.8 Å². The van der Waals surface area contributed by atoms with Crippen molar-refractivity contribution in [1.29, 1.82) is 0 Å². The van der Waals surface area contributed by atoms with Crippen molar-refractivity contribution in [3.63, 3.8) is 0 Å². The van der Waals surface area contributed by atoms with Gasteiger partial charge < -0.3 is 10.2 Å². The monoisotopic (exact) mass is 510 g/mol. The maximum absolute atomic E-state index is 14.7. The number of aryl methyl sites for hydroxylation is 1. The zero-order valence-corrected chi connectivity index (χ0v) is 21.4. The van der Waals surface area contributed by atoms with Crippen LogP contribution in [0.25, 0.3) is 6.08 Å². The van der Waals surface area contributed by atoms with E-state index in [-0.39, 0.29) is 17.5 Å². The summed E-state index contributed by atoms with van der Waals surface area (Å²) in [6.45, 7) is 1.97. The number of amides is 1. The first kappa shape index (κ1) is 23.4. The van der Waals surface area contributed by atoms with Crippen molar-refractivity contribution in [2.24, 2.45) is 5.92 Å². The van der Waals surface area contributed by atoms with Gasteiger partial charge in [-0.2, -0.15) is 0 Å². The van der Waals surface area contributed by atoms with Gasteiger partial charge in [0, 0.05) is 23.0 Å². The number of para-hydroxylation sites is 1. The van der Waals surface area contributed by atoms with Crippen LogP contribution >= 0.6 is 0 Å². The van der Waals surface area contributed by atoms with Crippen LogP contribution in [-0.4, -0.2) is 28.4 Å². The molecule has 0 aliphatic carbocycles. The molecule has 5 nitrogen and oxygen atoms in total. The molecule has 190 valence electrons. The first-order chi connectivity index (χ1) is 19.0. The summed E-state index contributed by atoms with van der Waals surface area (Å²) in [5, 5.41) is 3.09. The Balaban J connectivity index is 1.54. The van der Waals surface area contributed by atoms with Crippen LogP contribution in [0.1, 0.15) is 49.0 Å². The van der Waals surface area contributed by atoms with E-state index in [1.165, 1.54) is 0 Å². The van der Waals surface area contributed by atoms with E-state index in [9.17, 15) is 14.4 Å².